The van der Waals surface area contributed by atoms with Crippen LogP contribution in [0.2, 0.25) is 0 Å². The fourth-order valence-electron chi connectivity index (χ4n) is 4.38. The molecule has 194 valence electrons. The van der Waals surface area contributed by atoms with Crippen LogP contribution >= 0.6 is 0 Å². The zero-order chi connectivity index (χ0) is 27.5. The molecule has 1 aliphatic heterocycles. The van der Waals surface area contributed by atoms with Gasteiger partial charge in [-0.05, 0) is 29.8 Å². The number of nitrogens with one attached hydrogen (secondary N) is 1. The molecule has 1 aromatic heterocycles. The first kappa shape index (κ1) is 24.8. The van der Waals surface area contributed by atoms with E-state index in [-0.39, 0.29) is 23.9 Å². The average Bonchev–Trinajstić information content (AvgIpc) is 3.57. The second-order valence-corrected chi connectivity index (χ2v) is 9.01. The van der Waals surface area contributed by atoms with Crippen molar-refractivity contribution in [3.63, 3.8) is 0 Å². The van der Waals surface area contributed by atoms with Crippen molar-refractivity contribution in [3.05, 3.63) is 137 Å². The van der Waals surface area contributed by atoms with Gasteiger partial charge < -0.3 is 0 Å². The van der Waals surface area contributed by atoms with E-state index in [9.17, 15) is 14.4 Å². The number of hydrogen-bond donors (Lipinski definition) is 1. The molecule has 2 heterocycles. The van der Waals surface area contributed by atoms with Crippen molar-refractivity contribution in [2.75, 3.05) is 6.54 Å². The molecule has 0 atom stereocenters. The topological polar surface area (TPSA) is 110 Å². The molecule has 0 spiro atoms. The number of aromatic nitrogens is 3. The van der Waals surface area contributed by atoms with Gasteiger partial charge in [0, 0.05) is 16.7 Å². The summed E-state index contributed by atoms with van der Waals surface area (Å²) < 4.78 is 1.15. The van der Waals surface area contributed by atoms with Crippen LogP contribution in [0.4, 0.5) is 0 Å². The minimum atomic E-state index is -0.440. The van der Waals surface area contributed by atoms with Gasteiger partial charge in [-0.15, -0.1) is 5.10 Å². The molecule has 0 unspecified atom stereocenters. The summed E-state index contributed by atoms with van der Waals surface area (Å²) in [4.78, 5) is 43.9. The maximum Gasteiger partial charge on any atom is 0.292 e. The van der Waals surface area contributed by atoms with Crippen LogP contribution in [-0.4, -0.2) is 50.0 Å². The Balaban J connectivity index is 1.23. The van der Waals surface area contributed by atoms with Gasteiger partial charge in [-0.25, -0.2) is 15.4 Å². The Labute approximate surface area is 229 Å². The van der Waals surface area contributed by atoms with E-state index in [1.54, 1.807) is 48.5 Å². The third-order valence-electron chi connectivity index (χ3n) is 6.36. The number of hydrogen-bond acceptors (Lipinski definition) is 7. The van der Waals surface area contributed by atoms with E-state index in [2.05, 4.69) is 20.7 Å². The van der Waals surface area contributed by atoms with Gasteiger partial charge >= 0.3 is 0 Å². The summed E-state index contributed by atoms with van der Waals surface area (Å²) in [6.45, 7) is -0.251. The largest absolute Gasteiger partial charge is 0.292 e. The molecule has 0 aliphatic carbocycles. The van der Waals surface area contributed by atoms with E-state index in [4.69, 9.17) is 0 Å². The van der Waals surface area contributed by atoms with Crippen LogP contribution in [0.3, 0.4) is 0 Å². The van der Waals surface area contributed by atoms with Crippen molar-refractivity contribution in [3.8, 4) is 0 Å². The highest BCUT2D eigenvalue weighted by Gasteiger charge is 2.32. The minimum Gasteiger partial charge on any atom is -0.289 e. The van der Waals surface area contributed by atoms with Crippen LogP contribution in [0, 0.1) is 0 Å². The fourth-order valence-corrected chi connectivity index (χ4v) is 4.38. The Kier molecular flexibility index (Phi) is 6.61. The molecule has 0 fully saturated rings. The standard InChI is InChI=1S/C31H22N6O3/c38-28(36-27-17-16-24(19-25(27)34-35-36)29(39)22-12-6-2-7-13-22)20-32-37-30(23-14-8-3-9-15-23)33-26(31(37)40)18-21-10-4-1-5-11-21/h1-19,32H,20H2. The monoisotopic (exact) mass is 526 g/mol. The molecule has 1 amide bonds. The third-order valence-corrected chi connectivity index (χ3v) is 6.36. The predicted octanol–water partition coefficient (Wildman–Crippen LogP) is 4.14. The molecule has 0 bridgehead atoms. The second kappa shape index (κ2) is 10.7. The molecule has 6 rings (SSSR count). The summed E-state index contributed by atoms with van der Waals surface area (Å²) in [5, 5.41) is 9.37. The first-order valence-electron chi connectivity index (χ1n) is 12.6. The van der Waals surface area contributed by atoms with Crippen LogP contribution in [-0.2, 0) is 4.79 Å². The van der Waals surface area contributed by atoms with Crippen LogP contribution in [0.15, 0.2) is 120 Å². The number of rotatable bonds is 7. The number of amidine groups is 1. The van der Waals surface area contributed by atoms with Crippen LogP contribution in [0.5, 0.6) is 0 Å². The number of fused-ring (bicyclic) bond motifs is 1. The minimum absolute atomic E-state index is 0.148. The lowest BCUT2D eigenvalue weighted by Crippen LogP contribution is -2.47. The normalized spacial score (nSPS) is 14.1. The van der Waals surface area contributed by atoms with Gasteiger partial charge in [-0.2, -0.15) is 4.68 Å². The van der Waals surface area contributed by atoms with Crippen molar-refractivity contribution in [1.82, 2.24) is 25.4 Å². The van der Waals surface area contributed by atoms with E-state index < -0.39 is 5.91 Å². The summed E-state index contributed by atoms with van der Waals surface area (Å²) in [5.41, 5.74) is 6.57. The van der Waals surface area contributed by atoms with Gasteiger partial charge in [0.05, 0.1) is 12.1 Å². The van der Waals surface area contributed by atoms with Crippen LogP contribution in [0.25, 0.3) is 17.1 Å². The zero-order valence-electron chi connectivity index (χ0n) is 21.1. The lowest BCUT2D eigenvalue weighted by molar-refractivity contribution is -0.124. The van der Waals surface area contributed by atoms with Gasteiger partial charge in [0.1, 0.15) is 11.2 Å². The summed E-state index contributed by atoms with van der Waals surface area (Å²) in [6.07, 6.45) is 1.70. The molecule has 9 heteroatoms. The fraction of sp³-hybridized carbons (Fsp3) is 0.0323. The van der Waals surface area contributed by atoms with Gasteiger partial charge in [-0.3, -0.25) is 14.4 Å². The van der Waals surface area contributed by atoms with Crippen molar-refractivity contribution in [1.29, 1.82) is 0 Å². The van der Waals surface area contributed by atoms with Gasteiger partial charge in [0.25, 0.3) is 11.8 Å². The Morgan fingerprint density at radius 1 is 0.800 bits per heavy atom. The summed E-state index contributed by atoms with van der Waals surface area (Å²) >= 11 is 0. The van der Waals surface area contributed by atoms with Gasteiger partial charge in [0.15, 0.2) is 11.6 Å². The van der Waals surface area contributed by atoms with Crippen molar-refractivity contribution in [2.45, 2.75) is 0 Å². The zero-order valence-corrected chi connectivity index (χ0v) is 21.1. The molecule has 5 aromatic rings. The summed E-state index contributed by atoms with van der Waals surface area (Å²) in [5.74, 6) is -0.592. The number of nitrogens with zero attached hydrogens (tertiary/aromatic N) is 5. The lowest BCUT2D eigenvalue weighted by Gasteiger charge is -2.18. The third kappa shape index (κ3) is 4.84. The molecule has 0 saturated carbocycles. The Bertz CT molecular complexity index is 1790. The number of aliphatic imine (C=N–C) groups is 1. The molecule has 0 radical (unpaired) electrons. The maximum absolute atomic E-state index is 13.3. The van der Waals surface area contributed by atoms with E-state index in [0.29, 0.717) is 33.6 Å². The Hall–Kier alpha value is -5.54. The van der Waals surface area contributed by atoms with Crippen LogP contribution < -0.4 is 5.43 Å². The van der Waals surface area contributed by atoms with Gasteiger partial charge in [-0.1, -0.05) is 96.2 Å². The molecule has 4 aromatic carbocycles. The highest BCUT2D eigenvalue weighted by Crippen LogP contribution is 2.21. The number of ketones is 1. The number of carbonyl (C=O) groups excluding carboxylic acids is 3. The number of amides is 1. The quantitative estimate of drug-likeness (QED) is 0.252. The maximum atomic E-state index is 13.3. The van der Waals surface area contributed by atoms with E-state index >= 15 is 0 Å². The number of hydrazine groups is 1. The molecule has 9 nitrogen and oxygen atoms in total. The van der Waals surface area contributed by atoms with E-state index in [0.717, 1.165) is 10.2 Å². The molecular weight excluding hydrogens is 504 g/mol. The van der Waals surface area contributed by atoms with Crippen molar-refractivity contribution < 1.29 is 14.4 Å². The lowest BCUT2D eigenvalue weighted by atomic mass is 10.0. The first-order chi connectivity index (χ1) is 19.6. The molecule has 1 N–H and O–H groups in total. The van der Waals surface area contributed by atoms with Crippen molar-refractivity contribution in [2.24, 2.45) is 4.99 Å². The Morgan fingerprint density at radius 2 is 1.48 bits per heavy atom. The molecule has 40 heavy (non-hydrogen) atoms. The molecule has 1 aliphatic rings. The molecular formula is C31H22N6O3. The van der Waals surface area contributed by atoms with Crippen molar-refractivity contribution >= 4 is 40.5 Å². The summed E-state index contributed by atoms with van der Waals surface area (Å²) in [6, 6.07) is 32.5. The number of carbonyl (C=O) groups is 3. The predicted molar refractivity (Wildman–Crippen MR) is 150 cm³/mol. The highest BCUT2D eigenvalue weighted by atomic mass is 16.2. The SMILES string of the molecule is O=C(c1ccccc1)c1ccc2c(c1)nnn2C(=O)CNN1C(=O)C(=Cc2ccccc2)N=C1c1ccccc1. The first-order valence-corrected chi connectivity index (χ1v) is 12.6. The smallest absolute Gasteiger partial charge is 0.289 e. The van der Waals surface area contributed by atoms with Crippen LogP contribution in [0.1, 0.15) is 31.8 Å². The summed E-state index contributed by atoms with van der Waals surface area (Å²) in [7, 11) is 0. The second-order valence-electron chi connectivity index (χ2n) is 9.01. The average molecular weight is 527 g/mol. The highest BCUT2D eigenvalue weighted by molar-refractivity contribution is 6.19. The molecule has 0 saturated heterocycles. The van der Waals surface area contributed by atoms with E-state index in [1.165, 1.54) is 5.01 Å². The van der Waals surface area contributed by atoms with E-state index in [1.807, 2.05) is 66.7 Å². The van der Waals surface area contributed by atoms with Gasteiger partial charge in [0.2, 0.25) is 0 Å². The Morgan fingerprint density at radius 3 is 2.20 bits per heavy atom. The number of benzene rings is 4.